The van der Waals surface area contributed by atoms with Gasteiger partial charge in [0.05, 0.1) is 25.0 Å². The van der Waals surface area contributed by atoms with Gasteiger partial charge < -0.3 is 4.74 Å². The number of hydrogen-bond donors (Lipinski definition) is 0. The summed E-state index contributed by atoms with van der Waals surface area (Å²) in [6.45, 7) is 0.260. The molecule has 116 valence electrons. The van der Waals surface area contributed by atoms with Crippen molar-refractivity contribution in [1.29, 1.82) is 0 Å². The number of thiazole rings is 1. The fourth-order valence-electron chi connectivity index (χ4n) is 2.08. The number of rotatable bonds is 5. The second-order valence-electron chi connectivity index (χ2n) is 4.65. The molecule has 0 bridgehead atoms. The van der Waals surface area contributed by atoms with Gasteiger partial charge >= 0.3 is 5.97 Å². The van der Waals surface area contributed by atoms with Crippen LogP contribution in [0, 0.1) is 5.92 Å². The highest BCUT2D eigenvalue weighted by Gasteiger charge is 2.34. The molecule has 1 amide bonds. The number of nitrogens with zero attached hydrogens (tertiary/aromatic N) is 2. The first-order valence-corrected chi connectivity index (χ1v) is 9.38. The Kier molecular flexibility index (Phi) is 4.84. The first kappa shape index (κ1) is 16.2. The molecule has 1 aliphatic heterocycles. The maximum atomic E-state index is 11.9. The molecule has 1 unspecified atom stereocenters. The Morgan fingerprint density at radius 3 is 2.95 bits per heavy atom. The molecule has 0 aliphatic carbocycles. The largest absolute Gasteiger partial charge is 0.469 e. The van der Waals surface area contributed by atoms with E-state index in [0.717, 1.165) is 0 Å². The normalized spacial score (nSPS) is 19.0. The average molecular weight is 353 g/mol. The molecule has 0 spiro atoms. The van der Waals surface area contributed by atoms with Crippen LogP contribution in [0.2, 0.25) is 0 Å². The number of anilines is 1. The third-order valence-corrected chi connectivity index (χ3v) is 5.12. The molecule has 1 aromatic rings. The lowest BCUT2D eigenvalue weighted by molar-refractivity contribution is -0.139. The van der Waals surface area contributed by atoms with E-state index in [2.05, 4.69) is 9.72 Å². The summed E-state index contributed by atoms with van der Waals surface area (Å²) in [6.07, 6.45) is 0.159. The number of halogens is 1. The number of methoxy groups -OCH3 is 1. The van der Waals surface area contributed by atoms with Crippen molar-refractivity contribution in [3.8, 4) is 0 Å². The van der Waals surface area contributed by atoms with Gasteiger partial charge in [0, 0.05) is 34.9 Å². The molecular weight excluding hydrogens is 340 g/mol. The highest BCUT2D eigenvalue weighted by Crippen LogP contribution is 2.29. The molecule has 1 atom stereocenters. The molecule has 0 aromatic carbocycles. The van der Waals surface area contributed by atoms with Crippen molar-refractivity contribution in [3.05, 3.63) is 11.1 Å². The zero-order chi connectivity index (χ0) is 15.6. The van der Waals surface area contributed by atoms with Crippen LogP contribution in [0.3, 0.4) is 0 Å². The molecule has 0 saturated carbocycles. The molecule has 0 N–H and O–H groups in total. The predicted octanol–water partition coefficient (Wildman–Crippen LogP) is 0.780. The molecule has 1 saturated heterocycles. The standard InChI is InChI=1S/C11H13ClN2O5S2/c1-19-10(16)3-8-5-20-11(13-8)14-4-7(2-9(14)15)6-21(12,17)18/h5,7H,2-4,6H2,1H3. The lowest BCUT2D eigenvalue weighted by atomic mass is 10.1. The number of aromatic nitrogens is 1. The van der Waals surface area contributed by atoms with Crippen molar-refractivity contribution in [2.24, 2.45) is 5.92 Å². The quantitative estimate of drug-likeness (QED) is 0.574. The van der Waals surface area contributed by atoms with E-state index in [1.54, 1.807) is 5.38 Å². The monoisotopic (exact) mass is 352 g/mol. The summed E-state index contributed by atoms with van der Waals surface area (Å²) in [5.74, 6) is -1.19. The highest BCUT2D eigenvalue weighted by molar-refractivity contribution is 8.13. The minimum Gasteiger partial charge on any atom is -0.469 e. The fourth-order valence-corrected chi connectivity index (χ4v) is 4.25. The Bertz CT molecular complexity index is 657. The fraction of sp³-hybridized carbons (Fsp3) is 0.545. The molecule has 10 heteroatoms. The van der Waals surface area contributed by atoms with Gasteiger partial charge in [0.15, 0.2) is 5.13 Å². The smallest absolute Gasteiger partial charge is 0.311 e. The van der Waals surface area contributed by atoms with E-state index in [9.17, 15) is 18.0 Å². The van der Waals surface area contributed by atoms with Gasteiger partial charge in [-0.15, -0.1) is 11.3 Å². The summed E-state index contributed by atoms with van der Waals surface area (Å²) in [7, 11) is 2.86. The number of carbonyl (C=O) groups is 2. The Labute approximate surface area is 130 Å². The van der Waals surface area contributed by atoms with Crippen LogP contribution in [0.25, 0.3) is 0 Å². The van der Waals surface area contributed by atoms with E-state index < -0.39 is 15.0 Å². The molecule has 2 rings (SSSR count). The molecular formula is C11H13ClN2O5S2. The van der Waals surface area contributed by atoms with Crippen LogP contribution in [-0.2, 0) is 29.8 Å². The third kappa shape index (κ3) is 4.39. The van der Waals surface area contributed by atoms with E-state index in [4.69, 9.17) is 10.7 Å². The van der Waals surface area contributed by atoms with Gasteiger partial charge in [0.25, 0.3) is 0 Å². The summed E-state index contributed by atoms with van der Waals surface area (Å²) in [5.41, 5.74) is 0.517. The lowest BCUT2D eigenvalue weighted by Gasteiger charge is -2.12. The summed E-state index contributed by atoms with van der Waals surface area (Å²) in [6, 6.07) is 0. The van der Waals surface area contributed by atoms with Gasteiger partial charge in [0.1, 0.15) is 0 Å². The predicted molar refractivity (Wildman–Crippen MR) is 77.9 cm³/mol. The van der Waals surface area contributed by atoms with Gasteiger partial charge in [-0.05, 0) is 0 Å². The van der Waals surface area contributed by atoms with Crippen molar-refractivity contribution >= 4 is 48.1 Å². The van der Waals surface area contributed by atoms with Crippen molar-refractivity contribution in [3.63, 3.8) is 0 Å². The summed E-state index contributed by atoms with van der Waals surface area (Å²) in [4.78, 5) is 28.7. The Balaban J connectivity index is 2.05. The first-order valence-electron chi connectivity index (χ1n) is 6.02. The minimum absolute atomic E-state index is 0.0362. The summed E-state index contributed by atoms with van der Waals surface area (Å²) >= 11 is 1.23. The van der Waals surface area contributed by atoms with Gasteiger partial charge in [-0.25, -0.2) is 13.4 Å². The van der Waals surface area contributed by atoms with Crippen LogP contribution >= 0.6 is 22.0 Å². The molecule has 2 heterocycles. The molecule has 21 heavy (non-hydrogen) atoms. The van der Waals surface area contributed by atoms with Crippen LogP contribution in [0.1, 0.15) is 12.1 Å². The first-order chi connectivity index (χ1) is 9.78. The van der Waals surface area contributed by atoms with Crippen LogP contribution in [0.5, 0.6) is 0 Å². The topological polar surface area (TPSA) is 93.6 Å². The van der Waals surface area contributed by atoms with Crippen LogP contribution in [0.4, 0.5) is 5.13 Å². The second-order valence-corrected chi connectivity index (χ2v) is 8.31. The van der Waals surface area contributed by atoms with E-state index >= 15 is 0 Å². The van der Waals surface area contributed by atoms with Crippen molar-refractivity contribution in [1.82, 2.24) is 4.98 Å². The SMILES string of the molecule is COC(=O)Cc1csc(N2CC(CS(=O)(=O)Cl)CC2=O)n1. The number of amides is 1. The number of hydrogen-bond acceptors (Lipinski definition) is 7. The van der Waals surface area contributed by atoms with Gasteiger partial charge in [-0.1, -0.05) is 0 Å². The second kappa shape index (κ2) is 6.29. The zero-order valence-corrected chi connectivity index (χ0v) is 13.5. The van der Waals surface area contributed by atoms with Gasteiger partial charge in [0.2, 0.25) is 15.0 Å². The summed E-state index contributed by atoms with van der Waals surface area (Å²) in [5, 5.41) is 2.12. The Hall–Kier alpha value is -1.19. The van der Waals surface area contributed by atoms with E-state index in [1.165, 1.54) is 23.3 Å². The maximum Gasteiger partial charge on any atom is 0.311 e. The highest BCUT2D eigenvalue weighted by atomic mass is 35.7. The van der Waals surface area contributed by atoms with Crippen molar-refractivity contribution < 1.29 is 22.7 Å². The molecule has 1 fully saturated rings. The minimum atomic E-state index is -3.64. The van der Waals surface area contributed by atoms with Crippen LogP contribution in [-0.4, -0.2) is 44.7 Å². The number of esters is 1. The molecule has 7 nitrogen and oxygen atoms in total. The Morgan fingerprint density at radius 2 is 2.33 bits per heavy atom. The third-order valence-electron chi connectivity index (χ3n) is 2.96. The number of ether oxygens (including phenoxy) is 1. The molecule has 0 radical (unpaired) electrons. The molecule has 1 aromatic heterocycles. The van der Waals surface area contributed by atoms with Gasteiger partial charge in [-0.2, -0.15) is 0 Å². The Morgan fingerprint density at radius 1 is 1.62 bits per heavy atom. The van der Waals surface area contributed by atoms with Crippen LogP contribution in [0.15, 0.2) is 5.38 Å². The van der Waals surface area contributed by atoms with Gasteiger partial charge in [-0.3, -0.25) is 14.5 Å². The zero-order valence-electron chi connectivity index (χ0n) is 11.1. The van der Waals surface area contributed by atoms with E-state index in [-0.39, 0.29) is 37.0 Å². The lowest BCUT2D eigenvalue weighted by Crippen LogP contribution is -2.25. The average Bonchev–Trinajstić information content (AvgIpc) is 2.94. The van der Waals surface area contributed by atoms with E-state index in [1.807, 2.05) is 0 Å². The number of carbonyl (C=O) groups excluding carboxylic acids is 2. The van der Waals surface area contributed by atoms with Crippen molar-refractivity contribution in [2.45, 2.75) is 12.8 Å². The van der Waals surface area contributed by atoms with Crippen LogP contribution < -0.4 is 4.90 Å². The van der Waals surface area contributed by atoms with Crippen molar-refractivity contribution in [2.75, 3.05) is 24.3 Å². The maximum absolute atomic E-state index is 11.9. The summed E-state index contributed by atoms with van der Waals surface area (Å²) < 4.78 is 26.7. The van der Waals surface area contributed by atoms with E-state index in [0.29, 0.717) is 10.8 Å². The molecule has 1 aliphatic rings.